The van der Waals surface area contributed by atoms with Crippen LogP contribution >= 0.6 is 23.2 Å². The van der Waals surface area contributed by atoms with Gasteiger partial charge in [0.2, 0.25) is 0 Å². The number of nitrogens with two attached hydrogens (primary N) is 1. The summed E-state index contributed by atoms with van der Waals surface area (Å²) >= 11 is 11.8. The number of pyridine rings is 1. The number of hydrogen-bond donors (Lipinski definition) is 2. The van der Waals surface area contributed by atoms with E-state index < -0.39 is 0 Å². The molecule has 0 saturated carbocycles. The minimum atomic E-state index is 0.353. The summed E-state index contributed by atoms with van der Waals surface area (Å²) in [5.41, 5.74) is 8.10. The van der Waals surface area contributed by atoms with Crippen molar-refractivity contribution in [2.24, 2.45) is 0 Å². The zero-order valence-electron chi connectivity index (χ0n) is 9.17. The number of nitrogens with zero attached hydrogens (tertiary/aromatic N) is 1. The third-order valence-corrected chi connectivity index (χ3v) is 2.86. The van der Waals surface area contributed by atoms with Crippen molar-refractivity contribution in [3.63, 3.8) is 0 Å². The summed E-state index contributed by atoms with van der Waals surface area (Å²) in [6, 6.07) is 8.97. The first kappa shape index (κ1) is 12.0. The lowest BCUT2D eigenvalue weighted by Crippen LogP contribution is -1.96. The molecule has 0 radical (unpaired) electrons. The lowest BCUT2D eigenvalue weighted by molar-refractivity contribution is 1.31. The smallest absolute Gasteiger partial charge is 0.134 e. The Morgan fingerprint density at radius 1 is 1.18 bits per heavy atom. The maximum Gasteiger partial charge on any atom is 0.134 e. The molecule has 0 unspecified atom stereocenters. The van der Waals surface area contributed by atoms with Crippen LogP contribution in [0.4, 0.5) is 17.2 Å². The van der Waals surface area contributed by atoms with Crippen molar-refractivity contribution >= 4 is 40.4 Å². The van der Waals surface area contributed by atoms with E-state index in [1.807, 2.05) is 25.1 Å². The second kappa shape index (κ2) is 4.82. The summed E-state index contributed by atoms with van der Waals surface area (Å²) < 4.78 is 0. The predicted octanol–water partition coefficient (Wildman–Crippen LogP) is 4.02. The van der Waals surface area contributed by atoms with Crippen molar-refractivity contribution in [2.75, 3.05) is 11.1 Å². The van der Waals surface area contributed by atoms with Crippen LogP contribution < -0.4 is 11.1 Å². The van der Waals surface area contributed by atoms with Crippen LogP contribution in [0.2, 0.25) is 10.2 Å². The van der Waals surface area contributed by atoms with Crippen LogP contribution in [0.1, 0.15) is 5.56 Å². The first-order valence-corrected chi connectivity index (χ1v) is 5.76. The van der Waals surface area contributed by atoms with Gasteiger partial charge in [-0.3, -0.25) is 0 Å². The number of benzene rings is 1. The fraction of sp³-hybridized carbons (Fsp3) is 0.0833. The van der Waals surface area contributed by atoms with E-state index in [2.05, 4.69) is 10.3 Å². The molecule has 0 atom stereocenters. The maximum absolute atomic E-state index is 6.03. The van der Waals surface area contributed by atoms with Crippen LogP contribution in [0.5, 0.6) is 0 Å². The second-order valence-electron chi connectivity index (χ2n) is 3.70. The molecule has 0 aliphatic heterocycles. The van der Waals surface area contributed by atoms with Gasteiger partial charge < -0.3 is 11.1 Å². The first-order valence-electron chi connectivity index (χ1n) is 5.01. The predicted molar refractivity (Wildman–Crippen MR) is 73.1 cm³/mol. The SMILES string of the molecule is Cc1ccc(Nc2cc(N)cc(Cl)n2)cc1Cl. The Bertz CT molecular complexity index is 535. The molecule has 1 aromatic heterocycles. The molecule has 0 saturated heterocycles. The monoisotopic (exact) mass is 267 g/mol. The molecular formula is C12H11Cl2N3. The number of aryl methyl sites for hydroxylation is 1. The van der Waals surface area contributed by atoms with Gasteiger partial charge in [0.15, 0.2) is 0 Å². The standard InChI is InChI=1S/C12H11Cl2N3/c1-7-2-3-9(6-10(7)13)16-12-5-8(15)4-11(14)17-12/h2-6H,1H3,(H3,15,16,17). The van der Waals surface area contributed by atoms with Crippen LogP contribution in [0, 0.1) is 6.92 Å². The topological polar surface area (TPSA) is 50.9 Å². The number of hydrogen-bond acceptors (Lipinski definition) is 3. The number of aromatic nitrogens is 1. The number of halogens is 2. The van der Waals surface area contributed by atoms with Gasteiger partial charge in [0, 0.05) is 22.5 Å². The summed E-state index contributed by atoms with van der Waals surface area (Å²) in [4.78, 5) is 4.11. The quantitative estimate of drug-likeness (QED) is 0.808. The summed E-state index contributed by atoms with van der Waals surface area (Å²) in [6.45, 7) is 1.95. The number of anilines is 3. The Balaban J connectivity index is 2.28. The lowest BCUT2D eigenvalue weighted by atomic mass is 10.2. The first-order chi connectivity index (χ1) is 8.04. The van der Waals surface area contributed by atoms with Crippen molar-refractivity contribution in [1.29, 1.82) is 0 Å². The largest absolute Gasteiger partial charge is 0.399 e. The normalized spacial score (nSPS) is 10.3. The zero-order valence-corrected chi connectivity index (χ0v) is 10.7. The highest BCUT2D eigenvalue weighted by Gasteiger charge is 2.01. The number of nitrogens with one attached hydrogen (secondary N) is 1. The second-order valence-corrected chi connectivity index (χ2v) is 4.49. The Labute approximate surface area is 110 Å². The van der Waals surface area contributed by atoms with Gasteiger partial charge in [-0.05, 0) is 30.7 Å². The lowest BCUT2D eigenvalue weighted by Gasteiger charge is -2.08. The van der Waals surface area contributed by atoms with Crippen molar-refractivity contribution in [1.82, 2.24) is 4.98 Å². The Morgan fingerprint density at radius 2 is 1.94 bits per heavy atom. The van der Waals surface area contributed by atoms with Gasteiger partial charge >= 0.3 is 0 Å². The van der Waals surface area contributed by atoms with E-state index in [-0.39, 0.29) is 0 Å². The van der Waals surface area contributed by atoms with Gasteiger partial charge in [-0.1, -0.05) is 29.3 Å². The van der Waals surface area contributed by atoms with Gasteiger partial charge in [-0.15, -0.1) is 0 Å². The van der Waals surface area contributed by atoms with Crippen LogP contribution in [0.25, 0.3) is 0 Å². The molecule has 3 nitrogen and oxygen atoms in total. The number of rotatable bonds is 2. The van der Waals surface area contributed by atoms with Crippen molar-refractivity contribution in [3.05, 3.63) is 46.1 Å². The van der Waals surface area contributed by atoms with Crippen LogP contribution in [0.15, 0.2) is 30.3 Å². The molecule has 5 heteroatoms. The molecule has 0 bridgehead atoms. The van der Waals surface area contributed by atoms with Gasteiger partial charge in [-0.2, -0.15) is 0 Å². The van der Waals surface area contributed by atoms with Crippen LogP contribution in [-0.2, 0) is 0 Å². The molecule has 0 aliphatic rings. The van der Waals surface area contributed by atoms with Gasteiger partial charge in [0.25, 0.3) is 0 Å². The average Bonchev–Trinajstić information content (AvgIpc) is 2.22. The fourth-order valence-electron chi connectivity index (χ4n) is 1.40. The Kier molecular flexibility index (Phi) is 3.41. The molecule has 0 aliphatic carbocycles. The highest BCUT2D eigenvalue weighted by Crippen LogP contribution is 2.24. The minimum absolute atomic E-state index is 0.353. The molecule has 1 aromatic carbocycles. The van der Waals surface area contributed by atoms with E-state index >= 15 is 0 Å². The van der Waals surface area contributed by atoms with Crippen molar-refractivity contribution < 1.29 is 0 Å². The molecular weight excluding hydrogens is 257 g/mol. The summed E-state index contributed by atoms with van der Waals surface area (Å²) in [7, 11) is 0. The Hall–Kier alpha value is -1.45. The highest BCUT2D eigenvalue weighted by atomic mass is 35.5. The van der Waals surface area contributed by atoms with Gasteiger partial charge in [-0.25, -0.2) is 4.98 Å². The van der Waals surface area contributed by atoms with E-state index in [9.17, 15) is 0 Å². The third kappa shape index (κ3) is 3.02. The molecule has 2 rings (SSSR count). The molecule has 17 heavy (non-hydrogen) atoms. The van der Waals surface area contributed by atoms with E-state index in [4.69, 9.17) is 28.9 Å². The Morgan fingerprint density at radius 3 is 2.59 bits per heavy atom. The molecule has 3 N–H and O–H groups in total. The zero-order chi connectivity index (χ0) is 12.4. The molecule has 88 valence electrons. The summed E-state index contributed by atoms with van der Waals surface area (Å²) in [5.74, 6) is 0.593. The summed E-state index contributed by atoms with van der Waals surface area (Å²) in [5, 5.41) is 4.15. The van der Waals surface area contributed by atoms with E-state index in [0.29, 0.717) is 21.7 Å². The van der Waals surface area contributed by atoms with E-state index in [0.717, 1.165) is 11.3 Å². The molecule has 0 spiro atoms. The fourth-order valence-corrected chi connectivity index (χ4v) is 1.80. The van der Waals surface area contributed by atoms with E-state index in [1.165, 1.54) is 0 Å². The third-order valence-electron chi connectivity index (χ3n) is 2.26. The molecule has 0 fully saturated rings. The number of nitrogen functional groups attached to an aromatic ring is 1. The van der Waals surface area contributed by atoms with Gasteiger partial charge in [0.05, 0.1) is 0 Å². The molecule has 1 heterocycles. The van der Waals surface area contributed by atoms with Crippen LogP contribution in [-0.4, -0.2) is 4.98 Å². The molecule has 2 aromatic rings. The highest BCUT2D eigenvalue weighted by molar-refractivity contribution is 6.31. The summed E-state index contributed by atoms with van der Waals surface area (Å²) in [6.07, 6.45) is 0. The molecule has 0 amide bonds. The minimum Gasteiger partial charge on any atom is -0.399 e. The van der Waals surface area contributed by atoms with Gasteiger partial charge in [0.1, 0.15) is 11.0 Å². The van der Waals surface area contributed by atoms with Crippen molar-refractivity contribution in [3.8, 4) is 0 Å². The van der Waals surface area contributed by atoms with Crippen LogP contribution in [0.3, 0.4) is 0 Å². The van der Waals surface area contributed by atoms with Crippen molar-refractivity contribution in [2.45, 2.75) is 6.92 Å². The average molecular weight is 268 g/mol. The van der Waals surface area contributed by atoms with E-state index in [1.54, 1.807) is 12.1 Å². The maximum atomic E-state index is 6.03.